The molecule has 0 unspecified atom stereocenters. The lowest BCUT2D eigenvalue weighted by Crippen LogP contribution is -2.37. The summed E-state index contributed by atoms with van der Waals surface area (Å²) in [6.07, 6.45) is 1.50. The molecule has 22 heavy (non-hydrogen) atoms. The Hall–Kier alpha value is -1.81. The third kappa shape index (κ3) is 2.13. The number of carbonyl (C=O) groups is 1. The highest BCUT2D eigenvalue weighted by Crippen LogP contribution is 2.45. The monoisotopic (exact) mass is 357 g/mol. The molecule has 0 bridgehead atoms. The molecule has 4 heteroatoms. The number of hydrogen-bond donors (Lipinski definition) is 1. The van der Waals surface area contributed by atoms with Crippen LogP contribution in [0.25, 0.3) is 0 Å². The van der Waals surface area contributed by atoms with Gasteiger partial charge in [0.15, 0.2) is 0 Å². The predicted octanol–water partition coefficient (Wildman–Crippen LogP) is 3.96. The summed E-state index contributed by atoms with van der Waals surface area (Å²) in [5, 5.41) is 9.90. The summed E-state index contributed by atoms with van der Waals surface area (Å²) in [6.45, 7) is 0.696. The van der Waals surface area contributed by atoms with Crippen LogP contribution in [0.2, 0.25) is 0 Å². The van der Waals surface area contributed by atoms with Gasteiger partial charge in [-0.2, -0.15) is 0 Å². The Bertz CT molecular complexity index is 741. The molecule has 4 rings (SSSR count). The van der Waals surface area contributed by atoms with Crippen LogP contribution in [-0.4, -0.2) is 22.5 Å². The zero-order valence-electron chi connectivity index (χ0n) is 12.0. The summed E-state index contributed by atoms with van der Waals surface area (Å²) in [6, 6.07) is 14.0. The molecule has 0 aliphatic carbocycles. The maximum atomic E-state index is 12.2. The zero-order valence-corrected chi connectivity index (χ0v) is 13.6. The largest absolute Gasteiger partial charge is 0.508 e. The second-order valence-electron chi connectivity index (χ2n) is 6.02. The van der Waals surface area contributed by atoms with Crippen molar-refractivity contribution in [2.24, 2.45) is 0 Å². The molecule has 2 aromatic rings. The van der Waals surface area contributed by atoms with E-state index in [1.807, 2.05) is 29.2 Å². The van der Waals surface area contributed by atoms with E-state index in [0.29, 0.717) is 18.7 Å². The second-order valence-corrected chi connectivity index (χ2v) is 6.93. The van der Waals surface area contributed by atoms with E-state index >= 15 is 0 Å². The van der Waals surface area contributed by atoms with E-state index in [1.165, 1.54) is 11.1 Å². The van der Waals surface area contributed by atoms with Gasteiger partial charge in [0.1, 0.15) is 5.75 Å². The van der Waals surface area contributed by atoms with E-state index in [9.17, 15) is 9.90 Å². The van der Waals surface area contributed by atoms with Gasteiger partial charge in [-0.05, 0) is 47.4 Å². The quantitative estimate of drug-likeness (QED) is 0.838. The summed E-state index contributed by atoms with van der Waals surface area (Å²) in [4.78, 5) is 14.2. The molecule has 1 N–H and O–H groups in total. The Balaban J connectivity index is 1.85. The average molecular weight is 358 g/mol. The Morgan fingerprint density at radius 2 is 1.86 bits per heavy atom. The van der Waals surface area contributed by atoms with Crippen molar-refractivity contribution in [2.45, 2.75) is 24.8 Å². The first-order valence-electron chi connectivity index (χ1n) is 7.51. The fraction of sp³-hybridized carbons (Fsp3) is 0.278. The molecule has 2 atom stereocenters. The van der Waals surface area contributed by atoms with Crippen LogP contribution in [0.3, 0.4) is 0 Å². The minimum Gasteiger partial charge on any atom is -0.508 e. The van der Waals surface area contributed by atoms with Crippen LogP contribution in [0.4, 0.5) is 0 Å². The molecular formula is C18H16BrNO2. The highest BCUT2D eigenvalue weighted by atomic mass is 79.9. The van der Waals surface area contributed by atoms with E-state index in [1.54, 1.807) is 6.07 Å². The lowest BCUT2D eigenvalue weighted by atomic mass is 9.81. The van der Waals surface area contributed by atoms with E-state index in [0.717, 1.165) is 16.5 Å². The normalized spacial score (nSPS) is 23.3. The maximum Gasteiger partial charge on any atom is 0.223 e. The topological polar surface area (TPSA) is 40.5 Å². The van der Waals surface area contributed by atoms with Gasteiger partial charge in [-0.3, -0.25) is 4.79 Å². The lowest BCUT2D eigenvalue weighted by Gasteiger charge is -2.37. The molecule has 2 aliphatic heterocycles. The fourth-order valence-electron chi connectivity index (χ4n) is 3.73. The number of rotatable bonds is 1. The number of fused-ring (bicyclic) bond motifs is 3. The summed E-state index contributed by atoms with van der Waals surface area (Å²) in [7, 11) is 0. The van der Waals surface area contributed by atoms with Gasteiger partial charge < -0.3 is 10.0 Å². The van der Waals surface area contributed by atoms with Crippen LogP contribution in [0.5, 0.6) is 5.75 Å². The van der Waals surface area contributed by atoms with E-state index in [4.69, 9.17) is 0 Å². The molecule has 2 aliphatic rings. The van der Waals surface area contributed by atoms with Crippen LogP contribution in [0, 0.1) is 0 Å². The maximum absolute atomic E-state index is 12.2. The molecule has 0 spiro atoms. The number of phenols is 1. The first-order chi connectivity index (χ1) is 10.6. The molecule has 0 radical (unpaired) electrons. The summed E-state index contributed by atoms with van der Waals surface area (Å²) < 4.78 is 1.04. The van der Waals surface area contributed by atoms with Crippen molar-refractivity contribution in [3.63, 3.8) is 0 Å². The second kappa shape index (κ2) is 5.13. The number of carbonyl (C=O) groups excluding carboxylic acids is 1. The molecule has 1 fully saturated rings. The smallest absolute Gasteiger partial charge is 0.223 e. The minimum atomic E-state index is 0.119. The summed E-state index contributed by atoms with van der Waals surface area (Å²) in [5.41, 5.74) is 3.51. The van der Waals surface area contributed by atoms with E-state index in [2.05, 4.69) is 28.1 Å². The van der Waals surface area contributed by atoms with Crippen molar-refractivity contribution in [1.29, 1.82) is 0 Å². The highest BCUT2D eigenvalue weighted by Gasteiger charge is 2.40. The number of hydrogen-bond acceptors (Lipinski definition) is 2. The first kappa shape index (κ1) is 13.8. The van der Waals surface area contributed by atoms with E-state index in [-0.39, 0.29) is 17.9 Å². The molecule has 1 saturated heterocycles. The molecule has 3 nitrogen and oxygen atoms in total. The van der Waals surface area contributed by atoms with Gasteiger partial charge in [0.05, 0.1) is 6.04 Å². The molecule has 112 valence electrons. The number of halogens is 1. The molecular weight excluding hydrogens is 342 g/mol. The van der Waals surface area contributed by atoms with Crippen molar-refractivity contribution < 1.29 is 9.90 Å². The SMILES string of the molecule is O=C1CC[C@@H]2c3ccc(O)cc3[C@H](c3ccc(Br)cc3)CN12. The third-order valence-electron chi connectivity index (χ3n) is 4.78. The van der Waals surface area contributed by atoms with Gasteiger partial charge >= 0.3 is 0 Å². The van der Waals surface area contributed by atoms with Gasteiger partial charge in [0.25, 0.3) is 0 Å². The molecule has 0 saturated carbocycles. The zero-order chi connectivity index (χ0) is 15.3. The molecule has 1 amide bonds. The van der Waals surface area contributed by atoms with Crippen molar-refractivity contribution >= 4 is 21.8 Å². The van der Waals surface area contributed by atoms with Crippen molar-refractivity contribution in [2.75, 3.05) is 6.54 Å². The van der Waals surface area contributed by atoms with Gasteiger partial charge in [-0.1, -0.05) is 34.1 Å². The third-order valence-corrected chi connectivity index (χ3v) is 5.31. The first-order valence-corrected chi connectivity index (χ1v) is 8.30. The Kier molecular flexibility index (Phi) is 3.22. The van der Waals surface area contributed by atoms with Gasteiger partial charge in [0.2, 0.25) is 5.91 Å². The van der Waals surface area contributed by atoms with Crippen LogP contribution in [0.1, 0.15) is 41.5 Å². The average Bonchev–Trinajstić information content (AvgIpc) is 2.88. The Morgan fingerprint density at radius 3 is 2.64 bits per heavy atom. The lowest BCUT2D eigenvalue weighted by molar-refractivity contribution is -0.129. The fourth-order valence-corrected chi connectivity index (χ4v) is 3.99. The van der Waals surface area contributed by atoms with Crippen LogP contribution in [0.15, 0.2) is 46.9 Å². The Morgan fingerprint density at radius 1 is 1.09 bits per heavy atom. The summed E-state index contributed by atoms with van der Waals surface area (Å²) >= 11 is 3.46. The molecule has 0 aromatic heterocycles. The van der Waals surface area contributed by atoms with Crippen LogP contribution < -0.4 is 0 Å². The van der Waals surface area contributed by atoms with Gasteiger partial charge in [-0.25, -0.2) is 0 Å². The van der Waals surface area contributed by atoms with E-state index < -0.39 is 0 Å². The number of benzene rings is 2. The van der Waals surface area contributed by atoms with Crippen LogP contribution >= 0.6 is 15.9 Å². The Labute approximate surface area is 137 Å². The predicted molar refractivity (Wildman–Crippen MR) is 87.8 cm³/mol. The molecule has 2 aromatic carbocycles. The van der Waals surface area contributed by atoms with Gasteiger partial charge in [-0.15, -0.1) is 0 Å². The van der Waals surface area contributed by atoms with Crippen molar-refractivity contribution in [1.82, 2.24) is 4.90 Å². The summed E-state index contributed by atoms with van der Waals surface area (Å²) in [5.74, 6) is 0.651. The van der Waals surface area contributed by atoms with Gasteiger partial charge in [0, 0.05) is 23.4 Å². The van der Waals surface area contributed by atoms with Crippen LogP contribution in [-0.2, 0) is 4.79 Å². The molecule has 2 heterocycles. The highest BCUT2D eigenvalue weighted by molar-refractivity contribution is 9.10. The standard InChI is InChI=1S/C18H16BrNO2/c19-12-3-1-11(2-4-12)16-10-20-17(7-8-18(20)22)14-6-5-13(21)9-15(14)16/h1-6,9,16-17,21H,7-8,10H2/t16-,17+/m0/s1. The number of aromatic hydroxyl groups is 1. The van der Waals surface area contributed by atoms with Crippen molar-refractivity contribution in [3.05, 3.63) is 63.6 Å². The number of amides is 1. The minimum absolute atomic E-state index is 0.119. The number of phenolic OH excluding ortho intramolecular Hbond substituents is 1. The number of nitrogens with zero attached hydrogens (tertiary/aromatic N) is 1. The van der Waals surface area contributed by atoms with Crippen molar-refractivity contribution in [3.8, 4) is 5.75 Å².